The molecule has 3 heterocycles. The third-order valence-corrected chi connectivity index (χ3v) is 4.55. The van der Waals surface area contributed by atoms with E-state index in [1.807, 2.05) is 17.5 Å². The van der Waals surface area contributed by atoms with Gasteiger partial charge < -0.3 is 14.6 Å². The van der Waals surface area contributed by atoms with Crippen LogP contribution in [-0.4, -0.2) is 29.1 Å². The molecule has 3 aromatic rings. The molecular weight excluding hydrogens is 330 g/mol. The number of rotatable bonds is 5. The average Bonchev–Trinajstić information content (AvgIpc) is 3.24. The van der Waals surface area contributed by atoms with Gasteiger partial charge in [-0.1, -0.05) is 11.2 Å². The van der Waals surface area contributed by atoms with Crippen molar-refractivity contribution >= 4 is 34.3 Å². The van der Waals surface area contributed by atoms with Gasteiger partial charge in [-0.3, -0.25) is 9.59 Å². The zero-order valence-electron chi connectivity index (χ0n) is 13.1. The molecule has 1 unspecified atom stereocenters. The van der Waals surface area contributed by atoms with E-state index in [2.05, 4.69) is 15.5 Å². The molecule has 3 aromatic heterocycles. The summed E-state index contributed by atoms with van der Waals surface area (Å²) in [7, 11) is 1.32. The topological polar surface area (TPSA) is 94.3 Å². The fourth-order valence-electron chi connectivity index (χ4n) is 2.27. The summed E-state index contributed by atoms with van der Waals surface area (Å²) in [6.07, 6.45) is 1.48. The summed E-state index contributed by atoms with van der Waals surface area (Å²) in [6, 6.07) is 4.95. The van der Waals surface area contributed by atoms with Gasteiger partial charge in [0.05, 0.1) is 36.2 Å². The van der Waals surface area contributed by atoms with Crippen molar-refractivity contribution in [3.05, 3.63) is 45.9 Å². The highest BCUT2D eigenvalue weighted by atomic mass is 32.1. The van der Waals surface area contributed by atoms with E-state index >= 15 is 0 Å². The predicted molar refractivity (Wildman–Crippen MR) is 87.7 cm³/mol. The SMILES string of the molecule is COC(=O)CC(NC(=O)c1cnc2onc(C)c2c1)c1cccs1. The summed E-state index contributed by atoms with van der Waals surface area (Å²) < 4.78 is 9.75. The van der Waals surface area contributed by atoms with Crippen LogP contribution < -0.4 is 5.32 Å². The minimum atomic E-state index is -0.454. The summed E-state index contributed by atoms with van der Waals surface area (Å²) in [5.41, 5.74) is 1.42. The zero-order chi connectivity index (χ0) is 17.1. The van der Waals surface area contributed by atoms with Crippen molar-refractivity contribution in [2.45, 2.75) is 19.4 Å². The first-order chi connectivity index (χ1) is 11.6. The number of pyridine rings is 1. The van der Waals surface area contributed by atoms with Gasteiger partial charge in [-0.25, -0.2) is 4.98 Å². The first kappa shape index (κ1) is 16.1. The Morgan fingerprint density at radius 3 is 3.00 bits per heavy atom. The molecule has 0 fully saturated rings. The number of aromatic nitrogens is 2. The summed E-state index contributed by atoms with van der Waals surface area (Å²) in [5.74, 6) is -0.718. The van der Waals surface area contributed by atoms with Crippen molar-refractivity contribution in [1.29, 1.82) is 0 Å². The number of amides is 1. The number of esters is 1. The zero-order valence-corrected chi connectivity index (χ0v) is 13.9. The molecule has 0 aromatic carbocycles. The van der Waals surface area contributed by atoms with E-state index < -0.39 is 12.0 Å². The molecule has 3 rings (SSSR count). The highest BCUT2D eigenvalue weighted by Crippen LogP contribution is 2.23. The Labute approximate surface area is 141 Å². The summed E-state index contributed by atoms with van der Waals surface area (Å²) in [6.45, 7) is 1.78. The molecule has 1 atom stereocenters. The van der Waals surface area contributed by atoms with Crippen LogP contribution in [0.4, 0.5) is 0 Å². The average molecular weight is 345 g/mol. The first-order valence-electron chi connectivity index (χ1n) is 7.21. The molecular formula is C16H15N3O4S. The van der Waals surface area contributed by atoms with E-state index in [9.17, 15) is 9.59 Å². The number of nitrogens with zero attached hydrogens (tertiary/aromatic N) is 2. The van der Waals surface area contributed by atoms with Gasteiger partial charge in [-0.2, -0.15) is 0 Å². The van der Waals surface area contributed by atoms with Gasteiger partial charge in [-0.15, -0.1) is 11.3 Å². The maximum absolute atomic E-state index is 12.5. The molecule has 0 aliphatic rings. The van der Waals surface area contributed by atoms with Crippen LogP contribution in [0.3, 0.4) is 0 Å². The van der Waals surface area contributed by atoms with Crippen LogP contribution in [0.15, 0.2) is 34.3 Å². The smallest absolute Gasteiger partial charge is 0.307 e. The van der Waals surface area contributed by atoms with Crippen LogP contribution in [0, 0.1) is 6.92 Å². The van der Waals surface area contributed by atoms with Gasteiger partial charge in [-0.05, 0) is 24.4 Å². The van der Waals surface area contributed by atoms with Gasteiger partial charge in [0, 0.05) is 11.1 Å². The van der Waals surface area contributed by atoms with Crippen LogP contribution in [0.5, 0.6) is 0 Å². The maximum Gasteiger partial charge on any atom is 0.307 e. The van der Waals surface area contributed by atoms with E-state index in [4.69, 9.17) is 9.26 Å². The Morgan fingerprint density at radius 1 is 1.46 bits per heavy atom. The van der Waals surface area contributed by atoms with E-state index in [0.29, 0.717) is 22.4 Å². The molecule has 0 radical (unpaired) electrons. The summed E-state index contributed by atoms with van der Waals surface area (Å²) >= 11 is 1.46. The monoisotopic (exact) mass is 345 g/mol. The number of carbonyl (C=O) groups is 2. The lowest BCUT2D eigenvalue weighted by molar-refractivity contribution is -0.141. The number of methoxy groups -OCH3 is 1. The molecule has 0 bridgehead atoms. The Morgan fingerprint density at radius 2 is 2.29 bits per heavy atom. The van der Waals surface area contributed by atoms with Crippen molar-refractivity contribution in [2.75, 3.05) is 7.11 Å². The molecule has 24 heavy (non-hydrogen) atoms. The lowest BCUT2D eigenvalue weighted by Gasteiger charge is -2.16. The van der Waals surface area contributed by atoms with Crippen LogP contribution in [0.2, 0.25) is 0 Å². The molecule has 8 heteroatoms. The molecule has 7 nitrogen and oxygen atoms in total. The number of thiophene rings is 1. The molecule has 1 amide bonds. The highest BCUT2D eigenvalue weighted by Gasteiger charge is 2.21. The Kier molecular flexibility index (Phi) is 4.57. The molecule has 0 spiro atoms. The Hall–Kier alpha value is -2.74. The highest BCUT2D eigenvalue weighted by molar-refractivity contribution is 7.10. The third kappa shape index (κ3) is 3.28. The molecule has 0 aliphatic carbocycles. The van der Waals surface area contributed by atoms with Crippen molar-refractivity contribution in [1.82, 2.24) is 15.5 Å². The van der Waals surface area contributed by atoms with Crippen molar-refractivity contribution in [3.63, 3.8) is 0 Å². The molecule has 124 valence electrons. The Balaban J connectivity index is 1.83. The first-order valence-corrected chi connectivity index (χ1v) is 8.09. The van der Waals surface area contributed by atoms with Crippen LogP contribution >= 0.6 is 11.3 Å². The molecule has 0 aliphatic heterocycles. The lowest BCUT2D eigenvalue weighted by atomic mass is 10.1. The Bertz CT molecular complexity index is 873. The van der Waals surface area contributed by atoms with Gasteiger partial charge >= 0.3 is 5.97 Å². The number of ether oxygens (including phenoxy) is 1. The van der Waals surface area contributed by atoms with E-state index in [1.165, 1.54) is 24.6 Å². The fraction of sp³-hybridized carbons (Fsp3) is 0.250. The third-order valence-electron chi connectivity index (χ3n) is 3.56. The number of hydrogen-bond donors (Lipinski definition) is 1. The minimum Gasteiger partial charge on any atom is -0.469 e. The predicted octanol–water partition coefficient (Wildman–Crippen LogP) is 2.63. The summed E-state index contributed by atoms with van der Waals surface area (Å²) in [5, 5.41) is 9.25. The van der Waals surface area contributed by atoms with Crippen LogP contribution in [0.1, 0.15) is 33.4 Å². The number of fused-ring (bicyclic) bond motifs is 1. The quantitative estimate of drug-likeness (QED) is 0.714. The number of aryl methyl sites for hydroxylation is 1. The largest absolute Gasteiger partial charge is 0.469 e. The maximum atomic E-state index is 12.5. The van der Waals surface area contributed by atoms with Crippen molar-refractivity contribution in [3.8, 4) is 0 Å². The van der Waals surface area contributed by atoms with Gasteiger partial charge in [0.15, 0.2) is 0 Å². The fourth-order valence-corrected chi connectivity index (χ4v) is 3.05. The van der Waals surface area contributed by atoms with Gasteiger partial charge in [0.1, 0.15) is 0 Å². The van der Waals surface area contributed by atoms with E-state index in [0.717, 1.165) is 4.88 Å². The van der Waals surface area contributed by atoms with Crippen LogP contribution in [0.25, 0.3) is 11.1 Å². The number of carbonyl (C=O) groups excluding carboxylic acids is 2. The lowest BCUT2D eigenvalue weighted by Crippen LogP contribution is -2.30. The molecule has 0 saturated heterocycles. The number of nitrogens with one attached hydrogen (secondary N) is 1. The summed E-state index contributed by atoms with van der Waals surface area (Å²) in [4.78, 5) is 29.1. The van der Waals surface area contributed by atoms with Crippen molar-refractivity contribution < 1.29 is 18.8 Å². The molecule has 0 saturated carbocycles. The second kappa shape index (κ2) is 6.79. The van der Waals surface area contributed by atoms with Gasteiger partial charge in [0.2, 0.25) is 0 Å². The van der Waals surface area contributed by atoms with Gasteiger partial charge in [0.25, 0.3) is 11.6 Å². The minimum absolute atomic E-state index is 0.0602. The van der Waals surface area contributed by atoms with E-state index in [1.54, 1.807) is 13.0 Å². The van der Waals surface area contributed by atoms with E-state index in [-0.39, 0.29) is 12.3 Å². The normalized spacial score (nSPS) is 12.1. The second-order valence-corrected chi connectivity index (χ2v) is 6.15. The second-order valence-electron chi connectivity index (χ2n) is 5.17. The standard InChI is InChI=1S/C16H15N3O4S/c1-9-11-6-10(8-17-16(11)23-19-9)15(21)18-12(7-14(20)22-2)13-4-3-5-24-13/h3-6,8,12H,7H2,1-2H3,(H,18,21). The molecule has 1 N–H and O–H groups in total. The van der Waals surface area contributed by atoms with Crippen molar-refractivity contribution in [2.24, 2.45) is 0 Å². The number of hydrogen-bond acceptors (Lipinski definition) is 7. The van der Waals surface area contributed by atoms with Crippen LogP contribution in [-0.2, 0) is 9.53 Å².